The van der Waals surface area contributed by atoms with Crippen molar-refractivity contribution in [3.05, 3.63) is 24.3 Å². The van der Waals surface area contributed by atoms with Gasteiger partial charge in [0.05, 0.1) is 7.11 Å². The van der Waals surface area contributed by atoms with Crippen LogP contribution < -0.4 is 0 Å². The third-order valence-electron chi connectivity index (χ3n) is 3.53. The van der Waals surface area contributed by atoms with E-state index in [1.807, 2.05) is 0 Å². The molecule has 0 unspecified atom stereocenters. The highest BCUT2D eigenvalue weighted by molar-refractivity contribution is 5.68. The lowest BCUT2D eigenvalue weighted by molar-refractivity contribution is -0.140. The molecule has 0 rings (SSSR count). The number of carbonyl (C=O) groups is 1. The second-order valence-electron chi connectivity index (χ2n) is 5.54. The van der Waals surface area contributed by atoms with E-state index in [1.54, 1.807) is 0 Å². The lowest BCUT2D eigenvalue weighted by atomic mass is 10.1. The van der Waals surface area contributed by atoms with Gasteiger partial charge < -0.3 is 4.74 Å². The minimum absolute atomic E-state index is 0.0968. The van der Waals surface area contributed by atoms with Crippen LogP contribution in [0, 0.1) is 0 Å². The predicted octanol–water partition coefficient (Wildman–Crippen LogP) is 5.97. The van der Waals surface area contributed by atoms with Gasteiger partial charge in [0.15, 0.2) is 0 Å². The SMILES string of the molecule is CCCCCC/C=C\CCC/C=C\CCCCC(=O)OC. The molecule has 21 heavy (non-hydrogen) atoms. The smallest absolute Gasteiger partial charge is 0.305 e. The van der Waals surface area contributed by atoms with Crippen LogP contribution in [0.1, 0.15) is 84.0 Å². The molecule has 2 nitrogen and oxygen atoms in total. The van der Waals surface area contributed by atoms with Crippen LogP contribution in [-0.2, 0) is 9.53 Å². The van der Waals surface area contributed by atoms with Gasteiger partial charge in [0.2, 0.25) is 0 Å². The van der Waals surface area contributed by atoms with Crippen LogP contribution in [0.5, 0.6) is 0 Å². The summed E-state index contributed by atoms with van der Waals surface area (Å²) in [4.78, 5) is 10.9. The number of hydrogen-bond donors (Lipinski definition) is 0. The summed E-state index contributed by atoms with van der Waals surface area (Å²) < 4.78 is 4.61. The van der Waals surface area contributed by atoms with E-state index in [-0.39, 0.29) is 5.97 Å². The number of unbranched alkanes of at least 4 members (excludes halogenated alkanes) is 8. The molecular formula is C19H34O2. The molecule has 122 valence electrons. The van der Waals surface area contributed by atoms with Crippen molar-refractivity contribution >= 4 is 5.97 Å². The zero-order valence-corrected chi connectivity index (χ0v) is 14.1. The second-order valence-corrected chi connectivity index (χ2v) is 5.54. The van der Waals surface area contributed by atoms with Crippen LogP contribution in [0.15, 0.2) is 24.3 Å². The lowest BCUT2D eigenvalue weighted by Crippen LogP contribution is -1.98. The molecule has 0 saturated heterocycles. The quantitative estimate of drug-likeness (QED) is 0.224. The van der Waals surface area contributed by atoms with Gasteiger partial charge in [-0.3, -0.25) is 4.79 Å². The predicted molar refractivity (Wildman–Crippen MR) is 91.4 cm³/mol. The van der Waals surface area contributed by atoms with Crippen molar-refractivity contribution in [3.63, 3.8) is 0 Å². The number of hydrogen-bond acceptors (Lipinski definition) is 2. The van der Waals surface area contributed by atoms with Crippen molar-refractivity contribution in [2.24, 2.45) is 0 Å². The van der Waals surface area contributed by atoms with Gasteiger partial charge in [-0.2, -0.15) is 0 Å². The van der Waals surface area contributed by atoms with E-state index in [2.05, 4.69) is 36.0 Å². The van der Waals surface area contributed by atoms with E-state index in [1.165, 1.54) is 52.1 Å². The maximum atomic E-state index is 10.9. The first-order chi connectivity index (χ1) is 10.3. The Morgan fingerprint density at radius 1 is 0.762 bits per heavy atom. The van der Waals surface area contributed by atoms with E-state index in [9.17, 15) is 4.79 Å². The molecule has 0 bridgehead atoms. The first kappa shape index (κ1) is 19.9. The van der Waals surface area contributed by atoms with Crippen LogP contribution in [-0.4, -0.2) is 13.1 Å². The Kier molecular flexibility index (Phi) is 16.2. The van der Waals surface area contributed by atoms with Gasteiger partial charge in [0.25, 0.3) is 0 Å². The number of rotatable bonds is 14. The van der Waals surface area contributed by atoms with Crippen molar-refractivity contribution < 1.29 is 9.53 Å². The molecule has 0 fully saturated rings. The Morgan fingerprint density at radius 2 is 1.29 bits per heavy atom. The summed E-state index contributed by atoms with van der Waals surface area (Å²) in [5.74, 6) is -0.0968. The molecule has 0 heterocycles. The normalized spacial score (nSPS) is 11.5. The van der Waals surface area contributed by atoms with Gasteiger partial charge in [-0.05, 0) is 51.4 Å². The van der Waals surface area contributed by atoms with Crippen LogP contribution in [0.2, 0.25) is 0 Å². The topological polar surface area (TPSA) is 26.3 Å². The van der Waals surface area contributed by atoms with Crippen LogP contribution in [0.4, 0.5) is 0 Å². The number of ether oxygens (including phenoxy) is 1. The molecule has 0 aromatic rings. The minimum atomic E-state index is -0.0968. The molecule has 0 radical (unpaired) electrons. The standard InChI is InChI=1S/C19H34O2/c1-3-4-5-6-7-8-9-10-11-12-13-14-15-16-17-18-19(20)21-2/h8-9,13-14H,3-7,10-12,15-18H2,1-2H3/b9-8-,14-13-. The molecule has 0 aliphatic heterocycles. The molecular weight excluding hydrogens is 260 g/mol. The minimum Gasteiger partial charge on any atom is -0.469 e. The zero-order chi connectivity index (χ0) is 15.6. The van der Waals surface area contributed by atoms with Gasteiger partial charge in [-0.25, -0.2) is 0 Å². The summed E-state index contributed by atoms with van der Waals surface area (Å²) in [5, 5.41) is 0. The van der Waals surface area contributed by atoms with Crippen molar-refractivity contribution in [3.8, 4) is 0 Å². The van der Waals surface area contributed by atoms with Crippen molar-refractivity contribution in [2.45, 2.75) is 84.0 Å². The molecule has 0 N–H and O–H groups in total. The fraction of sp³-hybridized carbons (Fsp3) is 0.737. The highest BCUT2D eigenvalue weighted by Crippen LogP contribution is 2.06. The van der Waals surface area contributed by atoms with E-state index < -0.39 is 0 Å². The van der Waals surface area contributed by atoms with E-state index in [0.717, 1.165) is 25.7 Å². The van der Waals surface area contributed by atoms with Crippen LogP contribution >= 0.6 is 0 Å². The van der Waals surface area contributed by atoms with E-state index in [0.29, 0.717) is 6.42 Å². The molecule has 0 amide bonds. The molecule has 2 heteroatoms. The maximum Gasteiger partial charge on any atom is 0.305 e. The fourth-order valence-corrected chi connectivity index (χ4v) is 2.15. The first-order valence-electron chi connectivity index (χ1n) is 8.68. The molecule has 0 saturated carbocycles. The average Bonchev–Trinajstić information content (AvgIpc) is 2.50. The van der Waals surface area contributed by atoms with Crippen LogP contribution in [0.3, 0.4) is 0 Å². The van der Waals surface area contributed by atoms with Crippen LogP contribution in [0.25, 0.3) is 0 Å². The van der Waals surface area contributed by atoms with Gasteiger partial charge in [0, 0.05) is 6.42 Å². The summed E-state index contributed by atoms with van der Waals surface area (Å²) >= 11 is 0. The van der Waals surface area contributed by atoms with Gasteiger partial charge in [-0.1, -0.05) is 50.5 Å². The Labute approximate surface area is 131 Å². The highest BCUT2D eigenvalue weighted by atomic mass is 16.5. The monoisotopic (exact) mass is 294 g/mol. The Hall–Kier alpha value is -1.05. The average molecular weight is 294 g/mol. The Morgan fingerprint density at radius 3 is 1.81 bits per heavy atom. The Bertz CT molecular complexity index is 279. The summed E-state index contributed by atoms with van der Waals surface area (Å²) in [6, 6.07) is 0. The van der Waals surface area contributed by atoms with Crippen molar-refractivity contribution in [1.82, 2.24) is 0 Å². The maximum absolute atomic E-state index is 10.9. The summed E-state index contributed by atoms with van der Waals surface area (Å²) in [6.07, 6.45) is 23.1. The number of methoxy groups -OCH3 is 1. The summed E-state index contributed by atoms with van der Waals surface area (Å²) in [7, 11) is 1.45. The molecule has 0 spiro atoms. The Balaban J connectivity index is 3.21. The number of esters is 1. The van der Waals surface area contributed by atoms with Crippen molar-refractivity contribution in [2.75, 3.05) is 7.11 Å². The summed E-state index contributed by atoms with van der Waals surface area (Å²) in [5.41, 5.74) is 0. The van der Waals surface area contributed by atoms with E-state index in [4.69, 9.17) is 0 Å². The second kappa shape index (κ2) is 17.0. The molecule has 0 aromatic heterocycles. The zero-order valence-electron chi connectivity index (χ0n) is 14.1. The highest BCUT2D eigenvalue weighted by Gasteiger charge is 1.97. The van der Waals surface area contributed by atoms with Crippen molar-refractivity contribution in [1.29, 1.82) is 0 Å². The van der Waals surface area contributed by atoms with E-state index >= 15 is 0 Å². The van der Waals surface area contributed by atoms with Gasteiger partial charge in [-0.15, -0.1) is 0 Å². The van der Waals surface area contributed by atoms with Gasteiger partial charge in [0.1, 0.15) is 0 Å². The molecule has 0 aliphatic rings. The number of carbonyl (C=O) groups excluding carboxylic acids is 1. The first-order valence-corrected chi connectivity index (χ1v) is 8.68. The molecule has 0 atom stereocenters. The largest absolute Gasteiger partial charge is 0.469 e. The summed E-state index contributed by atoms with van der Waals surface area (Å²) in [6.45, 7) is 2.25. The lowest BCUT2D eigenvalue weighted by Gasteiger charge is -1.97. The third-order valence-corrected chi connectivity index (χ3v) is 3.53. The third kappa shape index (κ3) is 16.9. The molecule has 0 aromatic carbocycles. The van der Waals surface area contributed by atoms with Gasteiger partial charge >= 0.3 is 5.97 Å². The fourth-order valence-electron chi connectivity index (χ4n) is 2.15. The molecule has 0 aliphatic carbocycles. The number of allylic oxidation sites excluding steroid dienone is 4.